The van der Waals surface area contributed by atoms with E-state index in [0.29, 0.717) is 16.4 Å². The maximum Gasteiger partial charge on any atom is 0.232 e. The maximum atomic E-state index is 12.8. The van der Waals surface area contributed by atoms with Gasteiger partial charge in [0, 0.05) is 12.2 Å². The van der Waals surface area contributed by atoms with Gasteiger partial charge >= 0.3 is 0 Å². The van der Waals surface area contributed by atoms with Crippen molar-refractivity contribution in [1.29, 1.82) is 0 Å². The van der Waals surface area contributed by atoms with Crippen LogP contribution in [0.2, 0.25) is 0 Å². The van der Waals surface area contributed by atoms with Crippen LogP contribution >= 0.6 is 24.0 Å². The largest absolute Gasteiger partial charge is 0.274 e. The van der Waals surface area contributed by atoms with Gasteiger partial charge in [-0.1, -0.05) is 24.0 Å². The van der Waals surface area contributed by atoms with Crippen molar-refractivity contribution >= 4 is 39.9 Å². The summed E-state index contributed by atoms with van der Waals surface area (Å²) in [4.78, 5) is 13.3. The van der Waals surface area contributed by atoms with Gasteiger partial charge in [-0.2, -0.15) is 0 Å². The molecule has 1 heterocycles. The number of nitrogens with zero attached hydrogens (tertiary/aromatic N) is 1. The molecule has 1 aliphatic heterocycles. The second-order valence-electron chi connectivity index (χ2n) is 3.42. The molecular formula is C11H10FNOS2. The Morgan fingerprint density at radius 3 is 2.69 bits per heavy atom. The van der Waals surface area contributed by atoms with Gasteiger partial charge in [0.05, 0.1) is 5.69 Å². The van der Waals surface area contributed by atoms with Crippen LogP contribution in [-0.4, -0.2) is 16.0 Å². The highest BCUT2D eigenvalue weighted by molar-refractivity contribution is 8.23. The predicted molar refractivity (Wildman–Crippen MR) is 68.2 cm³/mol. The van der Waals surface area contributed by atoms with E-state index in [2.05, 4.69) is 0 Å². The first-order chi connectivity index (χ1) is 7.68. The molecule has 1 fully saturated rings. The average Bonchev–Trinajstić information content (AvgIpc) is 2.42. The Morgan fingerprint density at radius 1 is 1.31 bits per heavy atom. The number of halogens is 1. The fraction of sp³-hybridized carbons (Fsp3) is 0.273. The zero-order valence-electron chi connectivity index (χ0n) is 8.48. The van der Waals surface area contributed by atoms with Gasteiger partial charge < -0.3 is 0 Å². The number of rotatable bonds is 1. The minimum atomic E-state index is -0.315. The molecule has 1 aliphatic rings. The summed E-state index contributed by atoms with van der Waals surface area (Å²) in [6.07, 6.45) is 1.33. The lowest BCUT2D eigenvalue weighted by molar-refractivity contribution is -0.117. The summed E-state index contributed by atoms with van der Waals surface area (Å²) in [6, 6.07) is 5.82. The Bertz CT molecular complexity index is 400. The normalized spacial score (nSPS) is 17.4. The topological polar surface area (TPSA) is 20.3 Å². The SMILES string of the molecule is O=C1CCCSC(=S)N1c1ccc(F)cc1. The third kappa shape index (κ3) is 2.41. The highest BCUT2D eigenvalue weighted by Gasteiger charge is 2.23. The summed E-state index contributed by atoms with van der Waals surface area (Å²) in [5, 5.41) is 0. The van der Waals surface area contributed by atoms with E-state index in [1.165, 1.54) is 28.8 Å². The molecule has 0 unspecified atom stereocenters. The second-order valence-corrected chi connectivity index (χ2v) is 5.15. The van der Waals surface area contributed by atoms with Crippen LogP contribution in [-0.2, 0) is 4.79 Å². The van der Waals surface area contributed by atoms with Crippen LogP contribution in [0.3, 0.4) is 0 Å². The maximum absolute atomic E-state index is 12.8. The molecule has 0 radical (unpaired) electrons. The molecule has 1 saturated heterocycles. The zero-order valence-corrected chi connectivity index (χ0v) is 10.1. The van der Waals surface area contributed by atoms with Gasteiger partial charge in [-0.3, -0.25) is 9.69 Å². The average molecular weight is 255 g/mol. The lowest BCUT2D eigenvalue weighted by Crippen LogP contribution is -2.32. The highest BCUT2D eigenvalue weighted by Crippen LogP contribution is 2.25. The van der Waals surface area contributed by atoms with Crippen LogP contribution in [0.25, 0.3) is 0 Å². The quantitative estimate of drug-likeness (QED) is 0.720. The van der Waals surface area contributed by atoms with Crippen molar-refractivity contribution < 1.29 is 9.18 Å². The van der Waals surface area contributed by atoms with Crippen LogP contribution in [0.1, 0.15) is 12.8 Å². The molecule has 1 aromatic carbocycles. The molecular weight excluding hydrogens is 245 g/mol. The number of anilines is 1. The number of carbonyl (C=O) groups excluding carboxylic acids is 1. The lowest BCUT2D eigenvalue weighted by atomic mass is 10.2. The van der Waals surface area contributed by atoms with Crippen molar-refractivity contribution in [2.24, 2.45) is 0 Å². The smallest absolute Gasteiger partial charge is 0.232 e. The van der Waals surface area contributed by atoms with Gasteiger partial charge in [0.25, 0.3) is 0 Å². The van der Waals surface area contributed by atoms with Gasteiger partial charge in [-0.25, -0.2) is 4.39 Å². The second kappa shape index (κ2) is 4.93. The molecule has 0 bridgehead atoms. The van der Waals surface area contributed by atoms with E-state index in [-0.39, 0.29) is 11.7 Å². The van der Waals surface area contributed by atoms with Gasteiger partial charge in [-0.05, 0) is 30.7 Å². The minimum Gasteiger partial charge on any atom is -0.274 e. The molecule has 2 rings (SSSR count). The molecule has 1 aromatic rings. The van der Waals surface area contributed by atoms with Gasteiger partial charge in [-0.15, -0.1) is 0 Å². The molecule has 0 aliphatic carbocycles. The van der Waals surface area contributed by atoms with E-state index in [1.54, 1.807) is 12.1 Å². The molecule has 16 heavy (non-hydrogen) atoms. The van der Waals surface area contributed by atoms with Crippen LogP contribution in [0.4, 0.5) is 10.1 Å². The number of hydrogen-bond acceptors (Lipinski definition) is 3. The fourth-order valence-electron chi connectivity index (χ4n) is 1.50. The Labute approximate surface area is 103 Å². The molecule has 2 nitrogen and oxygen atoms in total. The number of benzene rings is 1. The molecule has 0 N–H and O–H groups in total. The van der Waals surface area contributed by atoms with Crippen LogP contribution in [0, 0.1) is 5.82 Å². The summed E-state index contributed by atoms with van der Waals surface area (Å²) in [5.41, 5.74) is 0.644. The van der Waals surface area contributed by atoms with E-state index in [9.17, 15) is 9.18 Å². The summed E-state index contributed by atoms with van der Waals surface area (Å²) in [5.74, 6) is 0.536. The molecule has 5 heteroatoms. The third-order valence-electron chi connectivity index (χ3n) is 2.28. The van der Waals surface area contributed by atoms with E-state index < -0.39 is 0 Å². The van der Waals surface area contributed by atoms with Crippen molar-refractivity contribution in [2.75, 3.05) is 10.7 Å². The first-order valence-corrected chi connectivity index (χ1v) is 6.33. The number of thioether (sulfide) groups is 1. The first kappa shape index (κ1) is 11.5. The molecule has 0 aromatic heterocycles. The van der Waals surface area contributed by atoms with Crippen LogP contribution < -0.4 is 4.90 Å². The van der Waals surface area contributed by atoms with E-state index >= 15 is 0 Å². The van der Waals surface area contributed by atoms with Crippen molar-refractivity contribution in [3.63, 3.8) is 0 Å². The Hall–Kier alpha value is -0.940. The third-order valence-corrected chi connectivity index (χ3v) is 3.74. The van der Waals surface area contributed by atoms with E-state index in [0.717, 1.165) is 12.2 Å². The Kier molecular flexibility index (Phi) is 3.56. The summed E-state index contributed by atoms with van der Waals surface area (Å²) < 4.78 is 13.3. The van der Waals surface area contributed by atoms with Gasteiger partial charge in [0.1, 0.15) is 10.1 Å². The molecule has 84 valence electrons. The van der Waals surface area contributed by atoms with Gasteiger partial charge in [0.2, 0.25) is 5.91 Å². The van der Waals surface area contributed by atoms with Crippen molar-refractivity contribution in [1.82, 2.24) is 0 Å². The predicted octanol–water partition coefficient (Wildman–Crippen LogP) is 2.97. The Balaban J connectivity index is 2.32. The Morgan fingerprint density at radius 2 is 2.00 bits per heavy atom. The standard InChI is InChI=1S/C11H10FNOS2/c12-8-3-5-9(6-4-8)13-10(14)2-1-7-16-11(13)15/h3-6H,1-2,7H2. The molecule has 0 saturated carbocycles. The first-order valence-electron chi connectivity index (χ1n) is 4.94. The number of carbonyl (C=O) groups is 1. The van der Waals surface area contributed by atoms with E-state index in [1.807, 2.05) is 0 Å². The minimum absolute atomic E-state index is 0.0124. The molecule has 0 spiro atoms. The van der Waals surface area contributed by atoms with Crippen LogP contribution in [0.15, 0.2) is 24.3 Å². The van der Waals surface area contributed by atoms with Gasteiger partial charge in [0.15, 0.2) is 0 Å². The van der Waals surface area contributed by atoms with Crippen LogP contribution in [0.5, 0.6) is 0 Å². The number of amides is 1. The highest BCUT2D eigenvalue weighted by atomic mass is 32.2. The number of hydrogen-bond donors (Lipinski definition) is 0. The zero-order chi connectivity index (χ0) is 11.5. The lowest BCUT2D eigenvalue weighted by Gasteiger charge is -2.20. The fourth-order valence-corrected chi connectivity index (χ4v) is 2.76. The molecule has 1 amide bonds. The van der Waals surface area contributed by atoms with Crippen molar-refractivity contribution in [3.05, 3.63) is 30.1 Å². The van der Waals surface area contributed by atoms with Crippen molar-refractivity contribution in [3.8, 4) is 0 Å². The summed E-state index contributed by atoms with van der Waals surface area (Å²) in [6.45, 7) is 0. The van der Waals surface area contributed by atoms with E-state index in [4.69, 9.17) is 12.2 Å². The summed E-state index contributed by atoms with van der Waals surface area (Å²) in [7, 11) is 0. The number of thiocarbonyl (C=S) groups is 1. The monoisotopic (exact) mass is 255 g/mol. The van der Waals surface area contributed by atoms with Crippen molar-refractivity contribution in [2.45, 2.75) is 12.8 Å². The summed E-state index contributed by atoms with van der Waals surface area (Å²) >= 11 is 6.67. The molecule has 0 atom stereocenters.